The van der Waals surface area contributed by atoms with E-state index in [0.29, 0.717) is 17.7 Å². The minimum absolute atomic E-state index is 0.0304. The summed E-state index contributed by atoms with van der Waals surface area (Å²) in [5.41, 5.74) is 3.31. The highest BCUT2D eigenvalue weighted by molar-refractivity contribution is 5.88. The second kappa shape index (κ2) is 13.2. The molecular formula is C32H37FN2O3. The van der Waals surface area contributed by atoms with Crippen molar-refractivity contribution in [2.45, 2.75) is 71.0 Å². The van der Waals surface area contributed by atoms with Crippen molar-refractivity contribution in [3.8, 4) is 5.75 Å². The lowest BCUT2D eigenvalue weighted by Crippen LogP contribution is -2.53. The highest BCUT2D eigenvalue weighted by Gasteiger charge is 2.32. The summed E-state index contributed by atoms with van der Waals surface area (Å²) in [6.45, 7) is 3.65. The van der Waals surface area contributed by atoms with E-state index in [1.54, 1.807) is 18.2 Å². The summed E-state index contributed by atoms with van der Waals surface area (Å²) < 4.78 is 20.7. The molecule has 1 fully saturated rings. The molecule has 1 N–H and O–H groups in total. The largest absolute Gasteiger partial charge is 0.483 e. The molecule has 3 aromatic rings. The van der Waals surface area contributed by atoms with Crippen LogP contribution in [0.4, 0.5) is 4.39 Å². The number of hydrogen-bond acceptors (Lipinski definition) is 3. The summed E-state index contributed by atoms with van der Waals surface area (Å²) in [5.74, 6) is -0.377. The summed E-state index contributed by atoms with van der Waals surface area (Å²) in [6.07, 6.45) is 5.52. The molecule has 5 nitrogen and oxygen atoms in total. The first kappa shape index (κ1) is 27.4. The fourth-order valence-electron chi connectivity index (χ4n) is 5.09. The summed E-state index contributed by atoms with van der Waals surface area (Å²) >= 11 is 0. The van der Waals surface area contributed by atoms with Crippen LogP contribution in [0.5, 0.6) is 5.75 Å². The first-order chi connectivity index (χ1) is 18.4. The predicted molar refractivity (Wildman–Crippen MR) is 147 cm³/mol. The Kier molecular flexibility index (Phi) is 9.52. The molecule has 0 aromatic heterocycles. The maximum absolute atomic E-state index is 14.7. The molecule has 3 aromatic carbocycles. The SMILES string of the molecule is Cc1ccc(OCC(=O)N(Cc2ccccc2F)C(Cc2ccccc2)C(=O)NC2CCCCC2)c(C)c1. The van der Waals surface area contributed by atoms with Gasteiger partial charge in [-0.25, -0.2) is 4.39 Å². The molecule has 0 bridgehead atoms. The number of benzene rings is 3. The van der Waals surface area contributed by atoms with Crippen LogP contribution >= 0.6 is 0 Å². The molecule has 200 valence electrons. The molecular weight excluding hydrogens is 479 g/mol. The van der Waals surface area contributed by atoms with E-state index in [0.717, 1.165) is 42.4 Å². The number of rotatable bonds is 10. The van der Waals surface area contributed by atoms with Crippen LogP contribution in [0.25, 0.3) is 0 Å². The van der Waals surface area contributed by atoms with Crippen molar-refractivity contribution in [3.05, 3.63) is 101 Å². The number of ether oxygens (including phenoxy) is 1. The van der Waals surface area contributed by atoms with E-state index < -0.39 is 11.9 Å². The number of amides is 2. The zero-order chi connectivity index (χ0) is 26.9. The van der Waals surface area contributed by atoms with Gasteiger partial charge in [0.1, 0.15) is 17.6 Å². The average molecular weight is 517 g/mol. The number of carbonyl (C=O) groups is 2. The quantitative estimate of drug-likeness (QED) is 0.364. The average Bonchev–Trinajstić information content (AvgIpc) is 2.92. The number of halogens is 1. The first-order valence-electron chi connectivity index (χ1n) is 13.5. The topological polar surface area (TPSA) is 58.6 Å². The Balaban J connectivity index is 1.62. The Hall–Kier alpha value is -3.67. The van der Waals surface area contributed by atoms with Crippen LogP contribution in [0.1, 0.15) is 54.4 Å². The smallest absolute Gasteiger partial charge is 0.261 e. The summed E-state index contributed by atoms with van der Waals surface area (Å²) in [4.78, 5) is 29.0. The van der Waals surface area contributed by atoms with E-state index in [1.165, 1.54) is 17.4 Å². The van der Waals surface area contributed by atoms with Crippen molar-refractivity contribution in [2.24, 2.45) is 0 Å². The number of aryl methyl sites for hydroxylation is 2. The molecule has 1 unspecified atom stereocenters. The lowest BCUT2D eigenvalue weighted by atomic mass is 9.94. The third-order valence-corrected chi connectivity index (χ3v) is 7.20. The molecule has 38 heavy (non-hydrogen) atoms. The summed E-state index contributed by atoms with van der Waals surface area (Å²) in [7, 11) is 0. The minimum atomic E-state index is -0.811. The van der Waals surface area contributed by atoms with Crippen molar-refractivity contribution in [1.29, 1.82) is 0 Å². The minimum Gasteiger partial charge on any atom is -0.483 e. The van der Waals surface area contributed by atoms with Crippen LogP contribution in [-0.2, 0) is 22.6 Å². The second-order valence-corrected chi connectivity index (χ2v) is 10.2. The van der Waals surface area contributed by atoms with E-state index in [1.807, 2.05) is 62.4 Å². The van der Waals surface area contributed by atoms with Gasteiger partial charge in [-0.05, 0) is 49.9 Å². The zero-order valence-electron chi connectivity index (χ0n) is 22.3. The number of carbonyl (C=O) groups excluding carboxylic acids is 2. The Morgan fingerprint density at radius 3 is 2.39 bits per heavy atom. The van der Waals surface area contributed by atoms with E-state index in [2.05, 4.69) is 5.32 Å². The van der Waals surface area contributed by atoms with Gasteiger partial charge in [0.05, 0.1) is 0 Å². The van der Waals surface area contributed by atoms with Crippen molar-refractivity contribution in [1.82, 2.24) is 10.2 Å². The van der Waals surface area contributed by atoms with Crippen molar-refractivity contribution < 1.29 is 18.7 Å². The molecule has 0 aliphatic heterocycles. The van der Waals surface area contributed by atoms with Gasteiger partial charge in [-0.1, -0.05) is 85.5 Å². The maximum Gasteiger partial charge on any atom is 0.261 e. The van der Waals surface area contributed by atoms with Gasteiger partial charge in [-0.3, -0.25) is 9.59 Å². The number of hydrogen-bond donors (Lipinski definition) is 1. The molecule has 2 amide bonds. The van der Waals surface area contributed by atoms with Gasteiger partial charge in [-0.2, -0.15) is 0 Å². The molecule has 0 saturated heterocycles. The molecule has 6 heteroatoms. The van der Waals surface area contributed by atoms with Gasteiger partial charge in [0.15, 0.2) is 6.61 Å². The standard InChI is InChI=1S/C32H37FN2O3/c1-23-17-18-30(24(2)19-23)38-22-31(36)35(21-26-13-9-10-16-28(26)33)29(20-25-11-5-3-6-12-25)32(37)34-27-14-7-4-8-15-27/h3,5-6,9-13,16-19,27,29H,4,7-8,14-15,20-22H2,1-2H3,(H,34,37). The zero-order valence-corrected chi connectivity index (χ0v) is 22.3. The molecule has 1 aliphatic rings. The summed E-state index contributed by atoms with van der Waals surface area (Å²) in [6, 6.07) is 21.1. The number of nitrogens with one attached hydrogen (secondary N) is 1. The number of nitrogens with zero attached hydrogens (tertiary/aromatic N) is 1. The van der Waals surface area contributed by atoms with Crippen LogP contribution in [0.3, 0.4) is 0 Å². The molecule has 4 rings (SSSR count). The highest BCUT2D eigenvalue weighted by atomic mass is 19.1. The van der Waals surface area contributed by atoms with E-state index >= 15 is 0 Å². The van der Waals surface area contributed by atoms with Crippen LogP contribution < -0.4 is 10.1 Å². The van der Waals surface area contributed by atoms with Crippen molar-refractivity contribution in [3.63, 3.8) is 0 Å². The molecule has 0 heterocycles. The first-order valence-corrected chi connectivity index (χ1v) is 13.5. The van der Waals surface area contributed by atoms with Gasteiger partial charge in [0.2, 0.25) is 5.91 Å². The highest BCUT2D eigenvalue weighted by Crippen LogP contribution is 2.22. The van der Waals surface area contributed by atoms with E-state index in [4.69, 9.17) is 4.74 Å². The molecule has 0 spiro atoms. The van der Waals surface area contributed by atoms with Gasteiger partial charge < -0.3 is 15.0 Å². The molecule has 1 saturated carbocycles. The Morgan fingerprint density at radius 2 is 1.68 bits per heavy atom. The van der Waals surface area contributed by atoms with Crippen LogP contribution in [0, 0.1) is 19.7 Å². The molecule has 0 radical (unpaired) electrons. The third-order valence-electron chi connectivity index (χ3n) is 7.20. The summed E-state index contributed by atoms with van der Waals surface area (Å²) in [5, 5.41) is 3.20. The fourth-order valence-corrected chi connectivity index (χ4v) is 5.09. The van der Waals surface area contributed by atoms with Crippen LogP contribution in [-0.4, -0.2) is 35.4 Å². The lowest BCUT2D eigenvalue weighted by molar-refractivity contribution is -0.143. The monoisotopic (exact) mass is 516 g/mol. The second-order valence-electron chi connectivity index (χ2n) is 10.2. The normalized spacial score (nSPS) is 14.5. The van der Waals surface area contributed by atoms with E-state index in [-0.39, 0.29) is 31.0 Å². The lowest BCUT2D eigenvalue weighted by Gasteiger charge is -2.33. The van der Waals surface area contributed by atoms with Gasteiger partial charge in [0, 0.05) is 24.6 Å². The van der Waals surface area contributed by atoms with Crippen LogP contribution in [0.15, 0.2) is 72.8 Å². The van der Waals surface area contributed by atoms with Crippen LogP contribution in [0.2, 0.25) is 0 Å². The fraction of sp³-hybridized carbons (Fsp3) is 0.375. The van der Waals surface area contributed by atoms with Gasteiger partial charge in [-0.15, -0.1) is 0 Å². The molecule has 1 aliphatic carbocycles. The van der Waals surface area contributed by atoms with Gasteiger partial charge >= 0.3 is 0 Å². The Labute approximate surface area is 225 Å². The van der Waals surface area contributed by atoms with E-state index in [9.17, 15) is 14.0 Å². The predicted octanol–water partition coefficient (Wildman–Crippen LogP) is 5.91. The van der Waals surface area contributed by atoms with Crippen molar-refractivity contribution >= 4 is 11.8 Å². The Bertz CT molecular complexity index is 1220. The third kappa shape index (κ3) is 7.44. The Morgan fingerprint density at radius 1 is 0.974 bits per heavy atom. The van der Waals surface area contributed by atoms with Gasteiger partial charge in [0.25, 0.3) is 5.91 Å². The van der Waals surface area contributed by atoms with Crippen molar-refractivity contribution in [2.75, 3.05) is 6.61 Å². The molecule has 1 atom stereocenters. The maximum atomic E-state index is 14.7.